The van der Waals surface area contributed by atoms with Crippen molar-refractivity contribution in [1.29, 1.82) is 0 Å². The molecule has 0 aliphatic rings. The number of aliphatic carboxylic acids is 1. The number of ether oxygens (including phenoxy) is 1. The van der Waals surface area contributed by atoms with Crippen molar-refractivity contribution in [3.8, 4) is 5.75 Å². The maximum absolute atomic E-state index is 10.5. The molecule has 1 aromatic carbocycles. The van der Waals surface area contributed by atoms with Crippen LogP contribution in [0, 0.1) is 0 Å². The summed E-state index contributed by atoms with van der Waals surface area (Å²) in [5.74, 6) is -0.0745. The number of methoxy groups -OCH3 is 1. The Morgan fingerprint density at radius 3 is 3.00 bits per heavy atom. The van der Waals surface area contributed by atoms with Gasteiger partial charge in [-0.2, -0.15) is 0 Å². The Hall–Kier alpha value is -1.97. The average Bonchev–Trinajstić information content (AvgIpc) is 2.68. The van der Waals surface area contributed by atoms with E-state index < -0.39 is 5.97 Å². The highest BCUT2D eigenvalue weighted by molar-refractivity contribution is 5.82. The first-order valence-corrected chi connectivity index (χ1v) is 4.96. The van der Waals surface area contributed by atoms with E-state index in [9.17, 15) is 4.79 Å². The Labute approximate surface area is 92.4 Å². The van der Waals surface area contributed by atoms with Gasteiger partial charge in [0, 0.05) is 17.9 Å². The standard InChI is InChI=1S/C12H12O4/c1-15-9-3-4-10-8(2-5-12(13)14)7-16-11(10)6-9/h3-4,6-7H,2,5H2,1H3,(H,13,14). The Balaban J connectivity index is 2.30. The van der Waals surface area contributed by atoms with Gasteiger partial charge in [0.2, 0.25) is 0 Å². The summed E-state index contributed by atoms with van der Waals surface area (Å²) < 4.78 is 10.4. The van der Waals surface area contributed by atoms with Gasteiger partial charge in [-0.05, 0) is 24.1 Å². The fourth-order valence-electron chi connectivity index (χ4n) is 1.63. The van der Waals surface area contributed by atoms with E-state index in [2.05, 4.69) is 0 Å². The molecule has 2 aromatic rings. The summed E-state index contributed by atoms with van der Waals surface area (Å²) in [6.45, 7) is 0. The molecule has 0 unspecified atom stereocenters. The summed E-state index contributed by atoms with van der Waals surface area (Å²) in [7, 11) is 1.59. The zero-order chi connectivity index (χ0) is 11.5. The number of aryl methyl sites for hydroxylation is 1. The first-order chi connectivity index (χ1) is 7.70. The molecule has 0 atom stereocenters. The molecule has 0 radical (unpaired) electrons. The molecule has 0 spiro atoms. The predicted molar refractivity (Wildman–Crippen MR) is 58.7 cm³/mol. The summed E-state index contributed by atoms with van der Waals surface area (Å²) in [4.78, 5) is 10.5. The van der Waals surface area contributed by atoms with Gasteiger partial charge in [-0.25, -0.2) is 0 Å². The van der Waals surface area contributed by atoms with Gasteiger partial charge < -0.3 is 14.3 Å². The van der Waals surface area contributed by atoms with Crippen LogP contribution in [-0.4, -0.2) is 18.2 Å². The largest absolute Gasteiger partial charge is 0.497 e. The fraction of sp³-hybridized carbons (Fsp3) is 0.250. The zero-order valence-electron chi connectivity index (χ0n) is 8.90. The summed E-state index contributed by atoms with van der Waals surface area (Å²) >= 11 is 0. The molecule has 0 saturated heterocycles. The van der Waals surface area contributed by atoms with E-state index in [0.29, 0.717) is 6.42 Å². The van der Waals surface area contributed by atoms with Gasteiger partial charge >= 0.3 is 5.97 Å². The molecule has 1 N–H and O–H groups in total. The Morgan fingerprint density at radius 1 is 1.50 bits per heavy atom. The lowest BCUT2D eigenvalue weighted by atomic mass is 10.1. The minimum absolute atomic E-state index is 0.112. The fourth-order valence-corrected chi connectivity index (χ4v) is 1.63. The number of furan rings is 1. The van der Waals surface area contributed by atoms with E-state index in [1.165, 1.54) is 0 Å². The van der Waals surface area contributed by atoms with E-state index in [1.54, 1.807) is 19.4 Å². The lowest BCUT2D eigenvalue weighted by Gasteiger charge is -1.98. The molecule has 0 amide bonds. The van der Waals surface area contributed by atoms with Crippen LogP contribution in [0.1, 0.15) is 12.0 Å². The highest BCUT2D eigenvalue weighted by Crippen LogP contribution is 2.26. The predicted octanol–water partition coefficient (Wildman–Crippen LogP) is 2.46. The van der Waals surface area contributed by atoms with Crippen molar-refractivity contribution in [2.24, 2.45) is 0 Å². The molecule has 0 fully saturated rings. The normalized spacial score (nSPS) is 10.6. The highest BCUT2D eigenvalue weighted by atomic mass is 16.5. The van der Waals surface area contributed by atoms with Crippen LogP contribution in [0.25, 0.3) is 11.0 Å². The van der Waals surface area contributed by atoms with Crippen molar-refractivity contribution in [2.75, 3.05) is 7.11 Å². The van der Waals surface area contributed by atoms with Crippen molar-refractivity contribution in [3.05, 3.63) is 30.0 Å². The maximum atomic E-state index is 10.5. The molecular weight excluding hydrogens is 208 g/mol. The van der Waals surface area contributed by atoms with Crippen molar-refractivity contribution in [3.63, 3.8) is 0 Å². The third kappa shape index (κ3) is 2.00. The van der Waals surface area contributed by atoms with Crippen molar-refractivity contribution >= 4 is 16.9 Å². The van der Waals surface area contributed by atoms with Gasteiger partial charge in [0.25, 0.3) is 0 Å². The first-order valence-electron chi connectivity index (χ1n) is 4.96. The molecule has 4 nitrogen and oxygen atoms in total. The molecule has 16 heavy (non-hydrogen) atoms. The minimum Gasteiger partial charge on any atom is -0.497 e. The lowest BCUT2D eigenvalue weighted by molar-refractivity contribution is -0.136. The SMILES string of the molecule is COc1ccc2c(CCC(=O)O)coc2c1. The molecule has 1 aromatic heterocycles. The second kappa shape index (κ2) is 4.26. The summed E-state index contributed by atoms with van der Waals surface area (Å²) in [6, 6.07) is 5.51. The van der Waals surface area contributed by atoms with E-state index in [4.69, 9.17) is 14.3 Å². The molecular formula is C12H12O4. The van der Waals surface area contributed by atoms with Crippen LogP contribution in [0.4, 0.5) is 0 Å². The third-order valence-corrected chi connectivity index (χ3v) is 2.47. The highest BCUT2D eigenvalue weighted by Gasteiger charge is 2.08. The number of benzene rings is 1. The van der Waals surface area contributed by atoms with Crippen LogP contribution in [-0.2, 0) is 11.2 Å². The molecule has 84 valence electrons. The molecule has 0 bridgehead atoms. The Bertz CT molecular complexity index is 513. The number of fused-ring (bicyclic) bond motifs is 1. The Morgan fingerprint density at radius 2 is 2.31 bits per heavy atom. The second-order valence-electron chi connectivity index (χ2n) is 3.52. The number of carboxylic acid groups (broad SMARTS) is 1. The minimum atomic E-state index is -0.803. The van der Waals surface area contributed by atoms with Crippen LogP contribution < -0.4 is 4.74 Å². The summed E-state index contributed by atoms with van der Waals surface area (Å²) in [5.41, 5.74) is 1.64. The monoisotopic (exact) mass is 220 g/mol. The molecule has 2 rings (SSSR count). The molecule has 4 heteroatoms. The van der Waals surface area contributed by atoms with Crippen molar-refractivity contribution < 1.29 is 19.1 Å². The summed E-state index contributed by atoms with van der Waals surface area (Å²) in [6.07, 6.45) is 2.20. The van der Waals surface area contributed by atoms with Crippen molar-refractivity contribution in [1.82, 2.24) is 0 Å². The van der Waals surface area contributed by atoms with Crippen LogP contribution in [0.5, 0.6) is 5.75 Å². The van der Waals surface area contributed by atoms with Gasteiger partial charge in [0.15, 0.2) is 0 Å². The average molecular weight is 220 g/mol. The number of hydrogen-bond acceptors (Lipinski definition) is 3. The van der Waals surface area contributed by atoms with E-state index in [1.807, 2.05) is 12.1 Å². The number of rotatable bonds is 4. The maximum Gasteiger partial charge on any atom is 0.303 e. The van der Waals surface area contributed by atoms with Gasteiger partial charge in [-0.3, -0.25) is 4.79 Å². The van der Waals surface area contributed by atoms with E-state index >= 15 is 0 Å². The topological polar surface area (TPSA) is 59.7 Å². The van der Waals surface area contributed by atoms with Crippen LogP contribution in [0.15, 0.2) is 28.9 Å². The number of hydrogen-bond donors (Lipinski definition) is 1. The van der Waals surface area contributed by atoms with Gasteiger partial charge in [-0.1, -0.05) is 0 Å². The van der Waals surface area contributed by atoms with Crippen LogP contribution in [0.3, 0.4) is 0 Å². The third-order valence-electron chi connectivity index (χ3n) is 2.47. The zero-order valence-corrected chi connectivity index (χ0v) is 8.90. The first kappa shape index (κ1) is 10.5. The second-order valence-corrected chi connectivity index (χ2v) is 3.52. The van der Waals surface area contributed by atoms with E-state index in [-0.39, 0.29) is 6.42 Å². The van der Waals surface area contributed by atoms with Crippen molar-refractivity contribution in [2.45, 2.75) is 12.8 Å². The lowest BCUT2D eigenvalue weighted by Crippen LogP contribution is -1.96. The smallest absolute Gasteiger partial charge is 0.303 e. The number of carboxylic acids is 1. The van der Waals surface area contributed by atoms with Crippen LogP contribution >= 0.6 is 0 Å². The van der Waals surface area contributed by atoms with E-state index in [0.717, 1.165) is 22.3 Å². The number of carbonyl (C=O) groups is 1. The van der Waals surface area contributed by atoms with Gasteiger partial charge in [0.05, 0.1) is 13.4 Å². The summed E-state index contributed by atoms with van der Waals surface area (Å²) in [5, 5.41) is 9.56. The molecule has 0 aliphatic heterocycles. The quantitative estimate of drug-likeness (QED) is 0.859. The molecule has 1 heterocycles. The molecule has 0 saturated carbocycles. The van der Waals surface area contributed by atoms with Gasteiger partial charge in [-0.15, -0.1) is 0 Å². The van der Waals surface area contributed by atoms with Crippen LogP contribution in [0.2, 0.25) is 0 Å². The van der Waals surface area contributed by atoms with Gasteiger partial charge in [0.1, 0.15) is 11.3 Å². The molecule has 0 aliphatic carbocycles. The Kier molecular flexibility index (Phi) is 2.81.